The summed E-state index contributed by atoms with van der Waals surface area (Å²) < 4.78 is 0. The molecule has 0 aromatic heterocycles. The van der Waals surface area contributed by atoms with Gasteiger partial charge in [-0.2, -0.15) is 0 Å². The van der Waals surface area contributed by atoms with Crippen LogP contribution >= 0.6 is 0 Å². The highest BCUT2D eigenvalue weighted by molar-refractivity contribution is 5.47. The first-order chi connectivity index (χ1) is 7.88. The Balaban J connectivity index is 1.77. The van der Waals surface area contributed by atoms with Gasteiger partial charge in [-0.25, -0.2) is 0 Å². The SMILES string of the molecule is c1ccc(N2CCNC3(CCCC3)C2)cc1. The molecule has 2 heteroatoms. The van der Waals surface area contributed by atoms with Gasteiger partial charge in [0.05, 0.1) is 0 Å². The summed E-state index contributed by atoms with van der Waals surface area (Å²) in [6.45, 7) is 3.47. The minimum absolute atomic E-state index is 0.425. The molecule has 3 rings (SSSR count). The molecule has 0 unspecified atom stereocenters. The lowest BCUT2D eigenvalue weighted by atomic mass is 9.94. The van der Waals surface area contributed by atoms with Gasteiger partial charge in [0.1, 0.15) is 0 Å². The minimum Gasteiger partial charge on any atom is -0.368 e. The molecule has 1 aromatic rings. The van der Waals surface area contributed by atoms with E-state index < -0.39 is 0 Å². The Labute approximate surface area is 97.6 Å². The third kappa shape index (κ3) is 1.82. The molecule has 1 aromatic carbocycles. The molecule has 1 aliphatic carbocycles. The van der Waals surface area contributed by atoms with Crippen molar-refractivity contribution in [1.82, 2.24) is 5.32 Å². The number of hydrogen-bond donors (Lipinski definition) is 1. The molecule has 16 heavy (non-hydrogen) atoms. The van der Waals surface area contributed by atoms with E-state index in [-0.39, 0.29) is 0 Å². The maximum Gasteiger partial charge on any atom is 0.0367 e. The van der Waals surface area contributed by atoms with Gasteiger partial charge in [-0.05, 0) is 25.0 Å². The average Bonchev–Trinajstić information content (AvgIpc) is 2.78. The molecule has 0 amide bonds. The minimum atomic E-state index is 0.425. The summed E-state index contributed by atoms with van der Waals surface area (Å²) in [5.41, 5.74) is 1.81. The van der Waals surface area contributed by atoms with E-state index in [2.05, 4.69) is 40.5 Å². The summed E-state index contributed by atoms with van der Waals surface area (Å²) in [7, 11) is 0. The molecule has 1 aliphatic heterocycles. The van der Waals surface area contributed by atoms with Gasteiger partial charge in [0.2, 0.25) is 0 Å². The average molecular weight is 216 g/mol. The second-order valence-corrected chi connectivity index (χ2v) is 5.17. The number of nitrogens with zero attached hydrogens (tertiary/aromatic N) is 1. The molecule has 1 N–H and O–H groups in total. The fraction of sp³-hybridized carbons (Fsp3) is 0.571. The van der Waals surface area contributed by atoms with E-state index in [0.29, 0.717) is 5.54 Å². The van der Waals surface area contributed by atoms with Gasteiger partial charge in [0, 0.05) is 30.9 Å². The number of benzene rings is 1. The standard InChI is InChI=1S/C14H20N2/c1-2-6-13(7-3-1)16-11-10-15-14(12-16)8-4-5-9-14/h1-3,6-7,15H,4-5,8-12H2. The van der Waals surface area contributed by atoms with Crippen LogP contribution in [0.1, 0.15) is 25.7 Å². The van der Waals surface area contributed by atoms with E-state index in [1.165, 1.54) is 37.9 Å². The summed E-state index contributed by atoms with van der Waals surface area (Å²) in [6, 6.07) is 10.8. The highest BCUT2D eigenvalue weighted by Crippen LogP contribution is 2.33. The third-order valence-electron chi connectivity index (χ3n) is 4.06. The summed E-state index contributed by atoms with van der Waals surface area (Å²) in [5.74, 6) is 0. The van der Waals surface area contributed by atoms with Crippen molar-refractivity contribution >= 4 is 5.69 Å². The van der Waals surface area contributed by atoms with Gasteiger partial charge in [0.25, 0.3) is 0 Å². The molecule has 1 saturated heterocycles. The zero-order valence-corrected chi connectivity index (χ0v) is 9.78. The molecule has 1 saturated carbocycles. The van der Waals surface area contributed by atoms with Crippen LogP contribution in [0, 0.1) is 0 Å². The zero-order chi connectivity index (χ0) is 10.8. The zero-order valence-electron chi connectivity index (χ0n) is 9.78. The molecule has 0 bridgehead atoms. The first kappa shape index (κ1) is 10.2. The molecule has 0 radical (unpaired) electrons. The highest BCUT2D eigenvalue weighted by atomic mass is 15.2. The van der Waals surface area contributed by atoms with Crippen LogP contribution in [-0.2, 0) is 0 Å². The first-order valence-corrected chi connectivity index (χ1v) is 6.43. The quantitative estimate of drug-likeness (QED) is 0.775. The van der Waals surface area contributed by atoms with Crippen LogP contribution in [0.15, 0.2) is 30.3 Å². The van der Waals surface area contributed by atoms with Crippen molar-refractivity contribution in [1.29, 1.82) is 0 Å². The van der Waals surface area contributed by atoms with Crippen LogP contribution in [0.5, 0.6) is 0 Å². The Morgan fingerprint density at radius 3 is 2.56 bits per heavy atom. The van der Waals surface area contributed by atoms with Crippen LogP contribution in [0.4, 0.5) is 5.69 Å². The van der Waals surface area contributed by atoms with Crippen molar-refractivity contribution in [3.63, 3.8) is 0 Å². The van der Waals surface area contributed by atoms with Crippen LogP contribution in [0.3, 0.4) is 0 Å². The van der Waals surface area contributed by atoms with E-state index in [1.54, 1.807) is 0 Å². The molecule has 2 fully saturated rings. The molecule has 86 valence electrons. The van der Waals surface area contributed by atoms with E-state index in [0.717, 1.165) is 13.1 Å². The van der Waals surface area contributed by atoms with Gasteiger partial charge in [-0.15, -0.1) is 0 Å². The van der Waals surface area contributed by atoms with Crippen molar-refractivity contribution in [3.05, 3.63) is 30.3 Å². The maximum absolute atomic E-state index is 3.75. The van der Waals surface area contributed by atoms with E-state index in [1.807, 2.05) is 0 Å². The first-order valence-electron chi connectivity index (χ1n) is 6.43. The van der Waals surface area contributed by atoms with Crippen molar-refractivity contribution in [2.45, 2.75) is 31.2 Å². The summed E-state index contributed by atoms with van der Waals surface area (Å²) in [4.78, 5) is 2.54. The van der Waals surface area contributed by atoms with E-state index in [4.69, 9.17) is 0 Å². The van der Waals surface area contributed by atoms with Crippen molar-refractivity contribution in [2.75, 3.05) is 24.5 Å². The highest BCUT2D eigenvalue weighted by Gasteiger charge is 2.37. The fourth-order valence-corrected chi connectivity index (χ4v) is 3.20. The Kier molecular flexibility index (Phi) is 2.60. The Hall–Kier alpha value is -1.02. The molecule has 0 atom stereocenters. The monoisotopic (exact) mass is 216 g/mol. The molecular formula is C14H20N2. The molecular weight excluding hydrogens is 196 g/mol. The molecule has 2 aliphatic rings. The van der Waals surface area contributed by atoms with Crippen LogP contribution in [-0.4, -0.2) is 25.2 Å². The van der Waals surface area contributed by atoms with E-state index in [9.17, 15) is 0 Å². The number of piperazine rings is 1. The third-order valence-corrected chi connectivity index (χ3v) is 4.06. The Morgan fingerprint density at radius 1 is 1.06 bits per heavy atom. The number of anilines is 1. The van der Waals surface area contributed by atoms with Crippen LogP contribution in [0.25, 0.3) is 0 Å². The summed E-state index contributed by atoms with van der Waals surface area (Å²) in [6.07, 6.45) is 5.51. The maximum atomic E-state index is 3.75. The molecule has 2 nitrogen and oxygen atoms in total. The van der Waals surface area contributed by atoms with Crippen LogP contribution in [0.2, 0.25) is 0 Å². The van der Waals surface area contributed by atoms with Gasteiger partial charge in [-0.1, -0.05) is 31.0 Å². The lowest BCUT2D eigenvalue weighted by molar-refractivity contribution is 0.304. The second-order valence-electron chi connectivity index (χ2n) is 5.17. The normalized spacial score (nSPS) is 23.9. The predicted molar refractivity (Wildman–Crippen MR) is 67.9 cm³/mol. The van der Waals surface area contributed by atoms with E-state index >= 15 is 0 Å². The largest absolute Gasteiger partial charge is 0.368 e. The summed E-state index contributed by atoms with van der Waals surface area (Å²) in [5, 5.41) is 3.75. The number of nitrogens with one attached hydrogen (secondary N) is 1. The Morgan fingerprint density at radius 2 is 1.81 bits per heavy atom. The number of para-hydroxylation sites is 1. The summed E-state index contributed by atoms with van der Waals surface area (Å²) >= 11 is 0. The fourth-order valence-electron chi connectivity index (χ4n) is 3.20. The lowest BCUT2D eigenvalue weighted by Gasteiger charge is -2.42. The second kappa shape index (κ2) is 4.10. The molecule has 1 spiro atoms. The number of hydrogen-bond acceptors (Lipinski definition) is 2. The van der Waals surface area contributed by atoms with Crippen LogP contribution < -0.4 is 10.2 Å². The number of rotatable bonds is 1. The van der Waals surface area contributed by atoms with Gasteiger partial charge in [-0.3, -0.25) is 0 Å². The van der Waals surface area contributed by atoms with Crippen molar-refractivity contribution in [3.8, 4) is 0 Å². The smallest absolute Gasteiger partial charge is 0.0367 e. The lowest BCUT2D eigenvalue weighted by Crippen LogP contribution is -2.59. The van der Waals surface area contributed by atoms with Crippen molar-refractivity contribution in [2.24, 2.45) is 0 Å². The predicted octanol–water partition coefficient (Wildman–Crippen LogP) is 2.41. The van der Waals surface area contributed by atoms with Crippen molar-refractivity contribution < 1.29 is 0 Å². The topological polar surface area (TPSA) is 15.3 Å². The van der Waals surface area contributed by atoms with Gasteiger partial charge >= 0.3 is 0 Å². The van der Waals surface area contributed by atoms with Gasteiger partial charge < -0.3 is 10.2 Å². The van der Waals surface area contributed by atoms with Gasteiger partial charge in [0.15, 0.2) is 0 Å². The Bertz CT molecular complexity index is 341. The molecule has 1 heterocycles.